The zero-order valence-corrected chi connectivity index (χ0v) is 10.5. The number of rotatable bonds is 9. The number of hydrogen-bond acceptors (Lipinski definition) is 3. The molecule has 4 nitrogen and oxygen atoms in total. The summed E-state index contributed by atoms with van der Waals surface area (Å²) in [5.41, 5.74) is 0.351. The van der Waals surface area contributed by atoms with Crippen LogP contribution in [0.1, 0.15) is 32.6 Å². The molecule has 0 spiro atoms. The molecule has 0 atom stereocenters. The molecule has 1 amide bonds. The molecule has 4 heteroatoms. The quantitative estimate of drug-likeness (QED) is 0.577. The fourth-order valence-electron chi connectivity index (χ4n) is 1.76. The second-order valence-electron chi connectivity index (χ2n) is 4.62. The van der Waals surface area contributed by atoms with Crippen molar-refractivity contribution >= 4 is 5.91 Å². The van der Waals surface area contributed by atoms with Crippen LogP contribution < -0.4 is 10.6 Å². The third kappa shape index (κ3) is 4.94. The Morgan fingerprint density at radius 2 is 2.19 bits per heavy atom. The van der Waals surface area contributed by atoms with E-state index in [9.17, 15) is 4.79 Å². The van der Waals surface area contributed by atoms with Crippen molar-refractivity contribution in [3.05, 3.63) is 0 Å². The third-order valence-electron chi connectivity index (χ3n) is 3.23. The van der Waals surface area contributed by atoms with Crippen molar-refractivity contribution in [1.82, 2.24) is 10.6 Å². The molecule has 1 fully saturated rings. The first-order valence-corrected chi connectivity index (χ1v) is 6.19. The van der Waals surface area contributed by atoms with Crippen LogP contribution >= 0.6 is 0 Å². The first kappa shape index (κ1) is 13.5. The van der Waals surface area contributed by atoms with Crippen LogP contribution in [-0.4, -0.2) is 39.3 Å². The van der Waals surface area contributed by atoms with Gasteiger partial charge >= 0.3 is 0 Å². The maximum Gasteiger partial charge on any atom is 0.221 e. The molecule has 94 valence electrons. The lowest BCUT2D eigenvalue weighted by Crippen LogP contribution is -2.32. The molecule has 2 N–H and O–H groups in total. The number of ether oxygens (including phenoxy) is 1. The van der Waals surface area contributed by atoms with Crippen LogP contribution in [0.4, 0.5) is 0 Å². The van der Waals surface area contributed by atoms with Crippen LogP contribution in [0.15, 0.2) is 0 Å². The van der Waals surface area contributed by atoms with Gasteiger partial charge in [-0.15, -0.1) is 0 Å². The molecule has 1 aliphatic carbocycles. The molecule has 0 heterocycles. The highest BCUT2D eigenvalue weighted by Gasteiger charge is 2.41. The highest BCUT2D eigenvalue weighted by atomic mass is 16.5. The van der Waals surface area contributed by atoms with Crippen molar-refractivity contribution in [3.8, 4) is 0 Å². The number of hydrogen-bond donors (Lipinski definition) is 2. The molecule has 0 radical (unpaired) electrons. The molecule has 16 heavy (non-hydrogen) atoms. The molecule has 1 saturated carbocycles. The topological polar surface area (TPSA) is 50.4 Å². The van der Waals surface area contributed by atoms with E-state index in [1.165, 1.54) is 12.8 Å². The van der Waals surface area contributed by atoms with E-state index in [1.807, 2.05) is 6.92 Å². The monoisotopic (exact) mass is 228 g/mol. The summed E-state index contributed by atoms with van der Waals surface area (Å²) in [5.74, 6) is 0.157. The summed E-state index contributed by atoms with van der Waals surface area (Å²) in [6.45, 7) is 5.36. The van der Waals surface area contributed by atoms with Gasteiger partial charge in [0.1, 0.15) is 0 Å². The van der Waals surface area contributed by atoms with Crippen LogP contribution in [0.25, 0.3) is 0 Å². The standard InChI is InChI=1S/C12H24N2O2/c1-3-13-8-4-11(15)14-10-12(5-6-12)7-9-16-2/h13H,3-10H2,1-2H3,(H,14,15). The van der Waals surface area contributed by atoms with Gasteiger partial charge in [0, 0.05) is 33.2 Å². The summed E-state index contributed by atoms with van der Waals surface area (Å²) >= 11 is 0. The van der Waals surface area contributed by atoms with Gasteiger partial charge in [0.15, 0.2) is 0 Å². The number of carbonyl (C=O) groups excluding carboxylic acids is 1. The molecule has 0 aromatic rings. The maximum atomic E-state index is 11.5. The molecule has 1 aliphatic rings. The SMILES string of the molecule is CCNCCC(=O)NCC1(CCOC)CC1. The Balaban J connectivity index is 2.07. The van der Waals surface area contributed by atoms with Crippen molar-refractivity contribution in [3.63, 3.8) is 0 Å². The van der Waals surface area contributed by atoms with Gasteiger partial charge in [-0.1, -0.05) is 6.92 Å². The minimum atomic E-state index is 0.157. The molecular weight excluding hydrogens is 204 g/mol. The minimum Gasteiger partial charge on any atom is -0.385 e. The van der Waals surface area contributed by atoms with E-state index in [-0.39, 0.29) is 5.91 Å². The lowest BCUT2D eigenvalue weighted by molar-refractivity contribution is -0.121. The van der Waals surface area contributed by atoms with Crippen LogP contribution in [-0.2, 0) is 9.53 Å². The van der Waals surface area contributed by atoms with E-state index in [4.69, 9.17) is 4.74 Å². The Morgan fingerprint density at radius 1 is 1.44 bits per heavy atom. The first-order valence-electron chi connectivity index (χ1n) is 6.19. The van der Waals surface area contributed by atoms with Crippen LogP contribution in [0.3, 0.4) is 0 Å². The van der Waals surface area contributed by atoms with Crippen molar-refractivity contribution in [2.24, 2.45) is 5.41 Å². The van der Waals surface area contributed by atoms with E-state index in [1.54, 1.807) is 7.11 Å². The van der Waals surface area contributed by atoms with Crippen molar-refractivity contribution in [1.29, 1.82) is 0 Å². The average molecular weight is 228 g/mol. The largest absolute Gasteiger partial charge is 0.385 e. The Morgan fingerprint density at radius 3 is 2.75 bits per heavy atom. The van der Waals surface area contributed by atoms with Gasteiger partial charge in [0.25, 0.3) is 0 Å². The average Bonchev–Trinajstić information content (AvgIpc) is 3.05. The molecule has 0 aromatic carbocycles. The Kier molecular flexibility index (Phi) is 5.77. The molecule has 0 bridgehead atoms. The highest BCUT2D eigenvalue weighted by Crippen LogP contribution is 2.48. The first-order chi connectivity index (χ1) is 7.72. The van der Waals surface area contributed by atoms with Gasteiger partial charge in [-0.2, -0.15) is 0 Å². The molecule has 0 unspecified atom stereocenters. The Labute approximate surface area is 98.1 Å². The number of nitrogens with one attached hydrogen (secondary N) is 2. The van der Waals surface area contributed by atoms with Gasteiger partial charge in [0.2, 0.25) is 5.91 Å². The van der Waals surface area contributed by atoms with Crippen molar-refractivity contribution in [2.75, 3.05) is 33.4 Å². The number of carbonyl (C=O) groups is 1. The summed E-state index contributed by atoms with van der Waals surface area (Å²) < 4.78 is 5.08. The Hall–Kier alpha value is -0.610. The number of amides is 1. The molecule has 0 aromatic heterocycles. The van der Waals surface area contributed by atoms with E-state index >= 15 is 0 Å². The fraction of sp³-hybridized carbons (Fsp3) is 0.917. The van der Waals surface area contributed by atoms with E-state index < -0.39 is 0 Å². The predicted molar refractivity (Wildman–Crippen MR) is 64.3 cm³/mol. The predicted octanol–water partition coefficient (Wildman–Crippen LogP) is 0.919. The van der Waals surface area contributed by atoms with Crippen molar-refractivity contribution in [2.45, 2.75) is 32.6 Å². The van der Waals surface area contributed by atoms with Gasteiger partial charge in [-0.3, -0.25) is 4.79 Å². The zero-order chi connectivity index (χ0) is 11.9. The zero-order valence-electron chi connectivity index (χ0n) is 10.5. The number of methoxy groups -OCH3 is 1. The van der Waals surface area contributed by atoms with Gasteiger partial charge in [-0.25, -0.2) is 0 Å². The lowest BCUT2D eigenvalue weighted by Gasteiger charge is -2.15. The fourth-order valence-corrected chi connectivity index (χ4v) is 1.76. The smallest absolute Gasteiger partial charge is 0.221 e. The minimum absolute atomic E-state index is 0.157. The van der Waals surface area contributed by atoms with Crippen molar-refractivity contribution < 1.29 is 9.53 Å². The maximum absolute atomic E-state index is 11.5. The molecular formula is C12H24N2O2. The second kappa shape index (κ2) is 6.86. The van der Waals surface area contributed by atoms with E-state index in [2.05, 4.69) is 10.6 Å². The second-order valence-corrected chi connectivity index (χ2v) is 4.62. The summed E-state index contributed by atoms with van der Waals surface area (Å²) in [6.07, 6.45) is 4.10. The van der Waals surface area contributed by atoms with Crippen LogP contribution in [0, 0.1) is 5.41 Å². The van der Waals surface area contributed by atoms with E-state index in [0.717, 1.165) is 32.7 Å². The summed E-state index contributed by atoms with van der Waals surface area (Å²) in [7, 11) is 1.73. The molecule has 1 rings (SSSR count). The summed E-state index contributed by atoms with van der Waals surface area (Å²) in [4.78, 5) is 11.5. The summed E-state index contributed by atoms with van der Waals surface area (Å²) in [6, 6.07) is 0. The van der Waals surface area contributed by atoms with Gasteiger partial charge in [0.05, 0.1) is 0 Å². The van der Waals surface area contributed by atoms with E-state index in [0.29, 0.717) is 11.8 Å². The van der Waals surface area contributed by atoms with Crippen LogP contribution in [0.5, 0.6) is 0 Å². The normalized spacial score (nSPS) is 17.1. The molecule has 0 saturated heterocycles. The van der Waals surface area contributed by atoms with Gasteiger partial charge < -0.3 is 15.4 Å². The summed E-state index contributed by atoms with van der Waals surface area (Å²) in [5, 5.41) is 6.16. The third-order valence-corrected chi connectivity index (χ3v) is 3.23. The van der Waals surface area contributed by atoms with Crippen LogP contribution in [0.2, 0.25) is 0 Å². The Bertz CT molecular complexity index is 215. The lowest BCUT2D eigenvalue weighted by atomic mass is 10.0. The highest BCUT2D eigenvalue weighted by molar-refractivity contribution is 5.76. The molecule has 0 aliphatic heterocycles. The van der Waals surface area contributed by atoms with Gasteiger partial charge in [-0.05, 0) is 31.2 Å².